The van der Waals surface area contributed by atoms with Crippen molar-refractivity contribution in [3.8, 4) is 17.2 Å². The summed E-state index contributed by atoms with van der Waals surface area (Å²) in [6.45, 7) is 7.85. The number of rotatable bonds is 8. The first-order valence-electron chi connectivity index (χ1n) is 11.6. The molecule has 4 rings (SSSR count). The number of pyridine rings is 1. The quantitative estimate of drug-likeness (QED) is 0.518. The smallest absolute Gasteiger partial charge is 0.347 e. The van der Waals surface area contributed by atoms with Crippen LogP contribution in [0.2, 0.25) is 0 Å². The summed E-state index contributed by atoms with van der Waals surface area (Å²) in [5.41, 5.74) is 1.86. The van der Waals surface area contributed by atoms with Crippen molar-refractivity contribution in [3.05, 3.63) is 46.4 Å². The highest BCUT2D eigenvalue weighted by atomic mass is 16.5. The van der Waals surface area contributed by atoms with Gasteiger partial charge in [0.05, 0.1) is 23.6 Å². The average molecular weight is 452 g/mol. The number of nitrogens with zero attached hydrogens (tertiary/aromatic N) is 5. The minimum Gasteiger partial charge on any atom is -0.497 e. The number of anilines is 1. The maximum absolute atomic E-state index is 13.0. The van der Waals surface area contributed by atoms with Crippen LogP contribution in [0.3, 0.4) is 0 Å². The first kappa shape index (κ1) is 23.2. The molecule has 0 bridgehead atoms. The highest BCUT2D eigenvalue weighted by molar-refractivity contribution is 5.84. The topological polar surface area (TPSA) is 74.9 Å². The van der Waals surface area contributed by atoms with Gasteiger partial charge in [-0.15, -0.1) is 0 Å². The average Bonchev–Trinajstić information content (AvgIpc) is 2.82. The summed E-state index contributed by atoms with van der Waals surface area (Å²) in [6, 6.07) is 7.47. The molecule has 8 nitrogen and oxygen atoms in total. The summed E-state index contributed by atoms with van der Waals surface area (Å²) >= 11 is 0. The van der Waals surface area contributed by atoms with Crippen molar-refractivity contribution < 1.29 is 9.15 Å². The second-order valence-electron chi connectivity index (χ2n) is 8.74. The van der Waals surface area contributed by atoms with Crippen LogP contribution in [0.4, 0.5) is 5.82 Å². The van der Waals surface area contributed by atoms with E-state index in [9.17, 15) is 4.79 Å². The molecule has 0 spiro atoms. The number of hydrogen-bond acceptors (Lipinski definition) is 8. The molecular weight excluding hydrogens is 418 g/mol. The first-order chi connectivity index (χ1) is 16.0. The fourth-order valence-corrected chi connectivity index (χ4v) is 4.29. The Labute approximate surface area is 194 Å². The molecule has 33 heavy (non-hydrogen) atoms. The predicted octanol–water partition coefficient (Wildman–Crippen LogP) is 2.89. The lowest BCUT2D eigenvalue weighted by molar-refractivity contribution is 0.229. The zero-order chi connectivity index (χ0) is 23.4. The maximum Gasteiger partial charge on any atom is 0.347 e. The minimum atomic E-state index is -0.371. The van der Waals surface area contributed by atoms with Crippen LogP contribution >= 0.6 is 0 Å². The number of aromatic nitrogens is 2. The second-order valence-corrected chi connectivity index (χ2v) is 8.74. The molecule has 0 atom stereocenters. The molecule has 1 aliphatic rings. The van der Waals surface area contributed by atoms with Crippen molar-refractivity contribution in [2.75, 3.05) is 65.4 Å². The predicted molar refractivity (Wildman–Crippen MR) is 131 cm³/mol. The van der Waals surface area contributed by atoms with Crippen LogP contribution in [0.5, 0.6) is 5.75 Å². The summed E-state index contributed by atoms with van der Waals surface area (Å²) in [5, 5.41) is 0.529. The normalized spacial score (nSPS) is 14.9. The third kappa shape index (κ3) is 5.17. The van der Waals surface area contributed by atoms with Crippen molar-refractivity contribution in [2.45, 2.75) is 19.8 Å². The molecule has 176 valence electrons. The van der Waals surface area contributed by atoms with E-state index in [1.807, 2.05) is 18.2 Å². The zero-order valence-electron chi connectivity index (χ0n) is 20.0. The highest BCUT2D eigenvalue weighted by Crippen LogP contribution is 2.30. The molecule has 3 aromatic rings. The van der Waals surface area contributed by atoms with E-state index < -0.39 is 0 Å². The number of piperazine rings is 1. The molecule has 0 N–H and O–H groups in total. The van der Waals surface area contributed by atoms with E-state index in [0.717, 1.165) is 69.1 Å². The van der Waals surface area contributed by atoms with Gasteiger partial charge in [-0.3, -0.25) is 4.90 Å². The molecule has 0 aliphatic carbocycles. The lowest BCUT2D eigenvalue weighted by atomic mass is 10.0. The molecule has 1 saturated heterocycles. The molecule has 0 unspecified atom stereocenters. The highest BCUT2D eigenvalue weighted by Gasteiger charge is 2.23. The van der Waals surface area contributed by atoms with Gasteiger partial charge in [0, 0.05) is 51.5 Å². The van der Waals surface area contributed by atoms with E-state index in [1.54, 1.807) is 19.4 Å². The number of ether oxygens (including phenoxy) is 1. The molecular formula is C25H33N5O3. The molecule has 0 radical (unpaired) electrons. The Morgan fingerprint density at radius 1 is 1.18 bits per heavy atom. The zero-order valence-corrected chi connectivity index (χ0v) is 20.0. The largest absolute Gasteiger partial charge is 0.497 e. The maximum atomic E-state index is 13.0. The van der Waals surface area contributed by atoms with Gasteiger partial charge in [0.15, 0.2) is 0 Å². The fourth-order valence-electron chi connectivity index (χ4n) is 4.29. The Bertz CT molecular complexity index is 1150. The van der Waals surface area contributed by atoms with Crippen molar-refractivity contribution in [1.29, 1.82) is 0 Å². The SMILES string of the molecule is CCCc1cc(OC)cc2nc(-c3cccnc3N3CCN(CCN(C)C)CC3)oc(=O)c12. The van der Waals surface area contributed by atoms with Gasteiger partial charge < -0.3 is 19.0 Å². The summed E-state index contributed by atoms with van der Waals surface area (Å²) in [6.07, 6.45) is 3.45. The number of hydrogen-bond donors (Lipinski definition) is 0. The van der Waals surface area contributed by atoms with Crippen molar-refractivity contribution >= 4 is 16.7 Å². The Balaban J connectivity index is 1.67. The van der Waals surface area contributed by atoms with Crippen LogP contribution in [0, 0.1) is 0 Å². The van der Waals surface area contributed by atoms with E-state index in [1.165, 1.54) is 0 Å². The van der Waals surface area contributed by atoms with Crippen LogP contribution in [0.15, 0.2) is 39.7 Å². The van der Waals surface area contributed by atoms with Crippen LogP contribution in [0.25, 0.3) is 22.4 Å². The van der Waals surface area contributed by atoms with E-state index in [4.69, 9.17) is 14.1 Å². The lowest BCUT2D eigenvalue weighted by Crippen LogP contribution is -2.48. The van der Waals surface area contributed by atoms with Gasteiger partial charge in [-0.05, 0) is 44.3 Å². The molecule has 1 aliphatic heterocycles. The van der Waals surface area contributed by atoms with E-state index in [2.05, 4.69) is 40.7 Å². The molecule has 0 saturated carbocycles. The Morgan fingerprint density at radius 3 is 2.67 bits per heavy atom. The monoisotopic (exact) mass is 451 g/mol. The first-order valence-corrected chi connectivity index (χ1v) is 11.6. The molecule has 8 heteroatoms. The molecule has 0 amide bonds. The number of likely N-dealkylation sites (N-methyl/N-ethyl adjacent to an activating group) is 1. The number of fused-ring (bicyclic) bond motifs is 1. The van der Waals surface area contributed by atoms with Gasteiger partial charge in [-0.1, -0.05) is 13.3 Å². The van der Waals surface area contributed by atoms with Crippen molar-refractivity contribution in [1.82, 2.24) is 19.8 Å². The van der Waals surface area contributed by atoms with Crippen LogP contribution in [-0.4, -0.2) is 80.2 Å². The van der Waals surface area contributed by atoms with Crippen LogP contribution in [-0.2, 0) is 6.42 Å². The van der Waals surface area contributed by atoms with Gasteiger partial charge >= 0.3 is 5.63 Å². The van der Waals surface area contributed by atoms with Crippen LogP contribution in [0.1, 0.15) is 18.9 Å². The summed E-state index contributed by atoms with van der Waals surface area (Å²) in [5.74, 6) is 1.79. The molecule has 2 aromatic heterocycles. The lowest BCUT2D eigenvalue weighted by Gasteiger charge is -2.36. The third-order valence-corrected chi connectivity index (χ3v) is 6.10. The number of benzene rings is 1. The standard InChI is InChI=1S/C25H33N5O3/c1-5-7-18-16-19(32-4)17-21-22(18)25(31)33-24(27-21)20-8-6-9-26-23(20)30-14-12-29(13-15-30)11-10-28(2)3/h6,8-9,16-17H,5,7,10-15H2,1-4H3. The van der Waals surface area contributed by atoms with Gasteiger partial charge in [-0.25, -0.2) is 14.8 Å². The van der Waals surface area contributed by atoms with Gasteiger partial charge in [0.25, 0.3) is 0 Å². The molecule has 1 fully saturated rings. The van der Waals surface area contributed by atoms with Crippen molar-refractivity contribution in [3.63, 3.8) is 0 Å². The molecule has 3 heterocycles. The second kappa shape index (κ2) is 10.3. The molecule has 1 aromatic carbocycles. The Morgan fingerprint density at radius 2 is 1.97 bits per heavy atom. The van der Waals surface area contributed by atoms with E-state index >= 15 is 0 Å². The van der Waals surface area contributed by atoms with Crippen LogP contribution < -0.4 is 15.3 Å². The van der Waals surface area contributed by atoms with Crippen molar-refractivity contribution in [2.24, 2.45) is 0 Å². The fraction of sp³-hybridized carbons (Fsp3) is 0.480. The minimum absolute atomic E-state index is 0.293. The summed E-state index contributed by atoms with van der Waals surface area (Å²) in [4.78, 5) is 29.3. The number of aryl methyl sites for hydroxylation is 1. The third-order valence-electron chi connectivity index (χ3n) is 6.10. The number of methoxy groups -OCH3 is 1. The van der Waals surface area contributed by atoms with Gasteiger partial charge in [-0.2, -0.15) is 0 Å². The van der Waals surface area contributed by atoms with E-state index in [0.29, 0.717) is 22.5 Å². The summed E-state index contributed by atoms with van der Waals surface area (Å²) < 4.78 is 11.2. The van der Waals surface area contributed by atoms with E-state index in [-0.39, 0.29) is 5.63 Å². The van der Waals surface area contributed by atoms with Gasteiger partial charge in [0.2, 0.25) is 5.89 Å². The summed E-state index contributed by atoms with van der Waals surface area (Å²) in [7, 11) is 5.82. The Hall–Kier alpha value is -2.97. The Kier molecular flexibility index (Phi) is 7.25. The van der Waals surface area contributed by atoms with Gasteiger partial charge in [0.1, 0.15) is 11.6 Å².